The van der Waals surface area contributed by atoms with Crippen molar-refractivity contribution in [1.29, 1.82) is 0 Å². The molecule has 1 aliphatic rings. The van der Waals surface area contributed by atoms with Crippen molar-refractivity contribution in [3.63, 3.8) is 0 Å². The van der Waals surface area contributed by atoms with Crippen LogP contribution in [0.4, 0.5) is 0 Å². The van der Waals surface area contributed by atoms with Gasteiger partial charge in [-0.2, -0.15) is 0 Å². The summed E-state index contributed by atoms with van der Waals surface area (Å²) in [4.78, 5) is 0. The van der Waals surface area contributed by atoms with Gasteiger partial charge < -0.3 is 9.84 Å². The summed E-state index contributed by atoms with van der Waals surface area (Å²) < 4.78 is 5.29. The number of hydrogen-bond acceptors (Lipinski definition) is 2. The first-order chi connectivity index (χ1) is 4.34. The summed E-state index contributed by atoms with van der Waals surface area (Å²) in [6, 6.07) is 0. The van der Waals surface area contributed by atoms with Crippen LogP contribution in [0.3, 0.4) is 0 Å². The van der Waals surface area contributed by atoms with E-state index < -0.39 is 0 Å². The maximum absolute atomic E-state index is 9.24. The highest BCUT2D eigenvalue weighted by Gasteiger charge is 2.21. The topological polar surface area (TPSA) is 29.5 Å². The van der Waals surface area contributed by atoms with Gasteiger partial charge in [-0.25, -0.2) is 0 Å². The van der Waals surface area contributed by atoms with E-state index in [0.717, 1.165) is 25.9 Å². The average Bonchev–Trinajstić information content (AvgIpc) is 1.89. The molecule has 0 aromatic heterocycles. The van der Waals surface area contributed by atoms with Gasteiger partial charge in [0.25, 0.3) is 0 Å². The largest absolute Gasteiger partial charge is 0.390 e. The van der Waals surface area contributed by atoms with Crippen LogP contribution in [0, 0.1) is 0 Å². The molecule has 0 amide bonds. The Hall–Kier alpha value is -0.0800. The van der Waals surface area contributed by atoms with Crippen LogP contribution < -0.4 is 0 Å². The fourth-order valence-corrected chi connectivity index (χ4v) is 1.21. The predicted molar refractivity (Wildman–Crippen MR) is 35.3 cm³/mol. The molecule has 54 valence electrons. The number of hydrogen-bond donors (Lipinski definition) is 1. The molecule has 0 aliphatic carbocycles. The first-order valence-corrected chi connectivity index (χ1v) is 3.64. The summed E-state index contributed by atoms with van der Waals surface area (Å²) >= 11 is 0. The Labute approximate surface area is 55.8 Å². The van der Waals surface area contributed by atoms with Crippen molar-refractivity contribution in [3.8, 4) is 0 Å². The molecule has 1 N–H and O–H groups in total. The number of rotatable bonds is 1. The van der Waals surface area contributed by atoms with Crippen LogP contribution >= 0.6 is 0 Å². The zero-order valence-electron chi connectivity index (χ0n) is 5.84. The first kappa shape index (κ1) is 7.03. The minimum atomic E-state index is -0.205. The summed E-state index contributed by atoms with van der Waals surface area (Å²) in [6.07, 6.45) is 2.76. The normalized spacial score (nSPS) is 36.7. The third-order valence-corrected chi connectivity index (χ3v) is 1.81. The monoisotopic (exact) mass is 130 g/mol. The Kier molecular flexibility index (Phi) is 2.49. The lowest BCUT2D eigenvalue weighted by atomic mass is 10.0. The molecule has 0 saturated carbocycles. The smallest absolute Gasteiger partial charge is 0.0831 e. The van der Waals surface area contributed by atoms with E-state index in [9.17, 15) is 5.11 Å². The van der Waals surface area contributed by atoms with Crippen molar-refractivity contribution in [3.05, 3.63) is 0 Å². The molecule has 2 nitrogen and oxygen atoms in total. The van der Waals surface area contributed by atoms with Gasteiger partial charge in [-0.15, -0.1) is 0 Å². The second-order valence-corrected chi connectivity index (χ2v) is 2.53. The molecule has 0 aromatic rings. The van der Waals surface area contributed by atoms with Crippen LogP contribution in [-0.4, -0.2) is 23.9 Å². The van der Waals surface area contributed by atoms with Crippen LogP contribution in [0.2, 0.25) is 0 Å². The standard InChI is InChI=1S/C7H14O2/c1-2-7-6(8)4-3-5-9-7/h6-8H,2-5H2,1H3/t6-,7+/m1/s1. The Morgan fingerprint density at radius 2 is 2.44 bits per heavy atom. The molecule has 9 heavy (non-hydrogen) atoms. The van der Waals surface area contributed by atoms with Crippen molar-refractivity contribution in [1.82, 2.24) is 0 Å². The molecule has 2 heteroatoms. The highest BCUT2D eigenvalue weighted by molar-refractivity contribution is 4.71. The average molecular weight is 130 g/mol. The Balaban J connectivity index is 2.30. The second-order valence-electron chi connectivity index (χ2n) is 2.53. The fourth-order valence-electron chi connectivity index (χ4n) is 1.21. The molecule has 0 unspecified atom stereocenters. The van der Waals surface area contributed by atoms with Crippen molar-refractivity contribution in [2.75, 3.05) is 6.61 Å². The maximum atomic E-state index is 9.24. The van der Waals surface area contributed by atoms with Gasteiger partial charge in [0, 0.05) is 6.61 Å². The minimum absolute atomic E-state index is 0.110. The lowest BCUT2D eigenvalue weighted by Gasteiger charge is -2.26. The molecule has 1 rings (SSSR count). The summed E-state index contributed by atoms with van der Waals surface area (Å²) in [7, 11) is 0. The summed E-state index contributed by atoms with van der Waals surface area (Å²) in [5.41, 5.74) is 0. The Morgan fingerprint density at radius 1 is 1.67 bits per heavy atom. The van der Waals surface area contributed by atoms with Gasteiger partial charge in [0.05, 0.1) is 12.2 Å². The van der Waals surface area contributed by atoms with Gasteiger partial charge in [0.2, 0.25) is 0 Å². The van der Waals surface area contributed by atoms with Gasteiger partial charge in [0.15, 0.2) is 0 Å². The van der Waals surface area contributed by atoms with Crippen LogP contribution in [0.15, 0.2) is 0 Å². The van der Waals surface area contributed by atoms with E-state index in [4.69, 9.17) is 4.74 Å². The predicted octanol–water partition coefficient (Wildman–Crippen LogP) is 0.936. The third-order valence-electron chi connectivity index (χ3n) is 1.81. The van der Waals surface area contributed by atoms with Gasteiger partial charge in [-0.3, -0.25) is 0 Å². The molecule has 0 aromatic carbocycles. The number of aliphatic hydroxyl groups excluding tert-OH is 1. The molecule has 1 heterocycles. The van der Waals surface area contributed by atoms with E-state index in [0.29, 0.717) is 0 Å². The molecule has 1 fully saturated rings. The quantitative estimate of drug-likeness (QED) is 0.572. The zero-order chi connectivity index (χ0) is 6.69. The van der Waals surface area contributed by atoms with Crippen LogP contribution in [0.25, 0.3) is 0 Å². The lowest BCUT2D eigenvalue weighted by Crippen LogP contribution is -2.33. The van der Waals surface area contributed by atoms with Gasteiger partial charge in [0.1, 0.15) is 0 Å². The van der Waals surface area contributed by atoms with Gasteiger partial charge in [-0.1, -0.05) is 6.92 Å². The molecule has 2 atom stereocenters. The Morgan fingerprint density at radius 3 is 2.89 bits per heavy atom. The molecule has 1 saturated heterocycles. The van der Waals surface area contributed by atoms with Gasteiger partial charge in [-0.05, 0) is 19.3 Å². The van der Waals surface area contributed by atoms with E-state index >= 15 is 0 Å². The van der Waals surface area contributed by atoms with Crippen LogP contribution in [0.1, 0.15) is 26.2 Å². The molecule has 0 bridgehead atoms. The second kappa shape index (κ2) is 3.18. The molecular formula is C7H14O2. The van der Waals surface area contributed by atoms with E-state index in [-0.39, 0.29) is 12.2 Å². The van der Waals surface area contributed by atoms with E-state index in [1.807, 2.05) is 6.92 Å². The molecule has 1 aliphatic heterocycles. The van der Waals surface area contributed by atoms with Crippen molar-refractivity contribution in [2.45, 2.75) is 38.4 Å². The van der Waals surface area contributed by atoms with Gasteiger partial charge >= 0.3 is 0 Å². The third kappa shape index (κ3) is 1.66. The SMILES string of the molecule is CC[C@@H]1OCCC[C@H]1O. The lowest BCUT2D eigenvalue weighted by molar-refractivity contribution is -0.0745. The van der Waals surface area contributed by atoms with Crippen LogP contribution in [-0.2, 0) is 4.74 Å². The number of aliphatic hydroxyl groups is 1. The molecular weight excluding hydrogens is 116 g/mol. The van der Waals surface area contributed by atoms with Crippen molar-refractivity contribution in [2.24, 2.45) is 0 Å². The van der Waals surface area contributed by atoms with E-state index in [1.54, 1.807) is 0 Å². The van der Waals surface area contributed by atoms with Crippen molar-refractivity contribution < 1.29 is 9.84 Å². The van der Waals surface area contributed by atoms with E-state index in [2.05, 4.69) is 0 Å². The molecule has 0 spiro atoms. The first-order valence-electron chi connectivity index (χ1n) is 3.64. The highest BCUT2D eigenvalue weighted by atomic mass is 16.5. The van der Waals surface area contributed by atoms with E-state index in [1.165, 1.54) is 0 Å². The summed E-state index contributed by atoms with van der Waals surface area (Å²) in [6.45, 7) is 2.87. The highest BCUT2D eigenvalue weighted by Crippen LogP contribution is 2.15. The zero-order valence-corrected chi connectivity index (χ0v) is 5.84. The van der Waals surface area contributed by atoms with Crippen LogP contribution in [0.5, 0.6) is 0 Å². The van der Waals surface area contributed by atoms with Crippen molar-refractivity contribution >= 4 is 0 Å². The molecule has 0 radical (unpaired) electrons. The fraction of sp³-hybridized carbons (Fsp3) is 1.00. The number of ether oxygens (including phenoxy) is 1. The Bertz CT molecular complexity index is 83.0. The summed E-state index contributed by atoms with van der Waals surface area (Å²) in [5.74, 6) is 0. The minimum Gasteiger partial charge on any atom is -0.390 e. The maximum Gasteiger partial charge on any atom is 0.0831 e. The summed E-state index contributed by atoms with van der Waals surface area (Å²) in [5, 5.41) is 9.24.